The minimum atomic E-state index is 0.175. The first-order chi connectivity index (χ1) is 5.52. The molecule has 0 aromatic carbocycles. The molecule has 0 spiro atoms. The van der Waals surface area contributed by atoms with Gasteiger partial charge < -0.3 is 4.90 Å². The Bertz CT molecular complexity index is 216. The van der Waals surface area contributed by atoms with E-state index in [-0.39, 0.29) is 5.91 Å². The molecule has 1 heterocycles. The maximum atomic E-state index is 11.4. The van der Waals surface area contributed by atoms with Crippen molar-refractivity contribution in [2.75, 3.05) is 6.54 Å². The molecule has 1 rings (SSSR count). The topological polar surface area (TPSA) is 20.3 Å². The predicted molar refractivity (Wildman–Crippen MR) is 49.8 cm³/mol. The van der Waals surface area contributed by atoms with Crippen LogP contribution in [0.1, 0.15) is 27.7 Å². The van der Waals surface area contributed by atoms with Gasteiger partial charge in [0.15, 0.2) is 0 Å². The second-order valence-corrected chi connectivity index (χ2v) is 3.93. The van der Waals surface area contributed by atoms with E-state index in [4.69, 9.17) is 0 Å². The summed E-state index contributed by atoms with van der Waals surface area (Å²) >= 11 is 0. The van der Waals surface area contributed by atoms with Crippen LogP contribution in [0.2, 0.25) is 0 Å². The van der Waals surface area contributed by atoms with Gasteiger partial charge in [-0.15, -0.1) is 0 Å². The van der Waals surface area contributed by atoms with Gasteiger partial charge >= 0.3 is 0 Å². The van der Waals surface area contributed by atoms with Crippen LogP contribution in [-0.4, -0.2) is 23.4 Å². The van der Waals surface area contributed by atoms with E-state index in [0.717, 1.165) is 6.54 Å². The molecule has 0 bridgehead atoms. The zero-order chi connectivity index (χ0) is 9.30. The minimum Gasteiger partial charge on any atom is -0.333 e. The van der Waals surface area contributed by atoms with Crippen LogP contribution in [0.5, 0.6) is 0 Å². The number of carbonyl (C=O) groups is 1. The molecule has 0 aliphatic carbocycles. The van der Waals surface area contributed by atoms with E-state index in [1.54, 1.807) is 6.08 Å². The van der Waals surface area contributed by atoms with Crippen LogP contribution in [-0.2, 0) is 4.79 Å². The number of hydrogen-bond acceptors (Lipinski definition) is 1. The third-order valence-electron chi connectivity index (χ3n) is 2.31. The Morgan fingerprint density at radius 3 is 2.17 bits per heavy atom. The quantitative estimate of drug-likeness (QED) is 0.614. The molecule has 0 unspecified atom stereocenters. The van der Waals surface area contributed by atoms with Gasteiger partial charge in [0.25, 0.3) is 0 Å². The van der Waals surface area contributed by atoms with E-state index in [1.807, 2.05) is 4.90 Å². The highest BCUT2D eigenvalue weighted by atomic mass is 16.2. The van der Waals surface area contributed by atoms with E-state index >= 15 is 0 Å². The van der Waals surface area contributed by atoms with Crippen LogP contribution in [0.25, 0.3) is 0 Å². The van der Waals surface area contributed by atoms with Gasteiger partial charge in [-0.2, -0.15) is 0 Å². The lowest BCUT2D eigenvalue weighted by atomic mass is 10.1. The van der Waals surface area contributed by atoms with Gasteiger partial charge in [0.2, 0.25) is 5.91 Å². The van der Waals surface area contributed by atoms with Gasteiger partial charge in [0.05, 0.1) is 0 Å². The summed E-state index contributed by atoms with van der Waals surface area (Å²) in [6.45, 7) is 9.18. The maximum absolute atomic E-state index is 11.4. The second-order valence-electron chi connectivity index (χ2n) is 3.93. The van der Waals surface area contributed by atoms with Crippen molar-refractivity contribution >= 4 is 5.91 Å². The fourth-order valence-corrected chi connectivity index (χ4v) is 1.35. The normalized spacial score (nSPS) is 18.0. The lowest BCUT2D eigenvalue weighted by molar-refractivity contribution is -0.125. The van der Waals surface area contributed by atoms with Gasteiger partial charge in [0, 0.05) is 18.7 Å². The maximum Gasteiger partial charge on any atom is 0.247 e. The van der Waals surface area contributed by atoms with Crippen molar-refractivity contribution in [2.24, 2.45) is 5.92 Å². The summed E-state index contributed by atoms with van der Waals surface area (Å²) in [5.74, 6) is 0.673. The highest BCUT2D eigenvalue weighted by Gasteiger charge is 2.24. The Morgan fingerprint density at radius 1 is 1.33 bits per heavy atom. The first-order valence-corrected chi connectivity index (χ1v) is 4.53. The van der Waals surface area contributed by atoms with E-state index < -0.39 is 0 Å². The summed E-state index contributed by atoms with van der Waals surface area (Å²) < 4.78 is 0. The lowest BCUT2D eigenvalue weighted by Crippen LogP contribution is -2.32. The van der Waals surface area contributed by atoms with Crippen molar-refractivity contribution in [3.63, 3.8) is 0 Å². The molecule has 0 fully saturated rings. The van der Waals surface area contributed by atoms with Crippen molar-refractivity contribution in [2.45, 2.75) is 33.7 Å². The van der Waals surface area contributed by atoms with Gasteiger partial charge in [-0.05, 0) is 25.3 Å². The predicted octanol–water partition coefficient (Wildman–Crippen LogP) is 1.82. The van der Waals surface area contributed by atoms with Crippen LogP contribution >= 0.6 is 0 Å². The second kappa shape index (κ2) is 3.30. The Hall–Kier alpha value is -0.790. The largest absolute Gasteiger partial charge is 0.333 e. The van der Waals surface area contributed by atoms with Crippen LogP contribution in [0, 0.1) is 5.92 Å². The standard InChI is InChI=1S/C10H17NO/c1-7(2)9-5-10(12)11(6-9)8(3)4/h5,7-8H,6H2,1-4H3. The van der Waals surface area contributed by atoms with Crippen molar-refractivity contribution < 1.29 is 4.79 Å². The van der Waals surface area contributed by atoms with Crippen LogP contribution in [0.15, 0.2) is 11.6 Å². The highest BCUT2D eigenvalue weighted by Crippen LogP contribution is 2.19. The molecule has 2 nitrogen and oxygen atoms in total. The van der Waals surface area contributed by atoms with Crippen molar-refractivity contribution in [1.29, 1.82) is 0 Å². The van der Waals surface area contributed by atoms with Crippen LogP contribution < -0.4 is 0 Å². The number of rotatable bonds is 2. The molecule has 0 radical (unpaired) electrons. The number of amides is 1. The van der Waals surface area contributed by atoms with Gasteiger partial charge in [-0.25, -0.2) is 0 Å². The first-order valence-electron chi connectivity index (χ1n) is 4.53. The summed E-state index contributed by atoms with van der Waals surface area (Å²) in [5.41, 5.74) is 1.26. The molecule has 0 saturated carbocycles. The SMILES string of the molecule is CC(C)C1=CC(=O)N(C(C)C)C1. The molecule has 12 heavy (non-hydrogen) atoms. The fraction of sp³-hybridized carbons (Fsp3) is 0.700. The minimum absolute atomic E-state index is 0.175. The summed E-state index contributed by atoms with van der Waals surface area (Å²) in [7, 11) is 0. The van der Waals surface area contributed by atoms with Crippen molar-refractivity contribution in [3.05, 3.63) is 11.6 Å². The third kappa shape index (κ3) is 1.68. The molecule has 1 amide bonds. The summed E-state index contributed by atoms with van der Waals surface area (Å²) in [5, 5.41) is 0. The Labute approximate surface area is 74.2 Å². The zero-order valence-corrected chi connectivity index (χ0v) is 8.29. The van der Waals surface area contributed by atoms with Gasteiger partial charge in [-0.3, -0.25) is 4.79 Å². The average Bonchev–Trinajstić information content (AvgIpc) is 2.30. The molecule has 1 aliphatic heterocycles. The first kappa shape index (κ1) is 9.30. The summed E-state index contributed by atoms with van der Waals surface area (Å²) in [6.07, 6.45) is 1.78. The number of hydrogen-bond donors (Lipinski definition) is 0. The summed E-state index contributed by atoms with van der Waals surface area (Å²) in [4.78, 5) is 13.3. The van der Waals surface area contributed by atoms with E-state index in [2.05, 4.69) is 27.7 Å². The van der Waals surface area contributed by atoms with Crippen molar-refractivity contribution in [1.82, 2.24) is 4.90 Å². The van der Waals surface area contributed by atoms with Crippen molar-refractivity contribution in [3.8, 4) is 0 Å². The summed E-state index contributed by atoms with van der Waals surface area (Å²) in [6, 6.07) is 0.324. The molecule has 68 valence electrons. The zero-order valence-electron chi connectivity index (χ0n) is 8.29. The molecular formula is C10H17NO. The molecule has 0 saturated heterocycles. The van der Waals surface area contributed by atoms with E-state index in [0.29, 0.717) is 12.0 Å². The van der Waals surface area contributed by atoms with Crippen LogP contribution in [0.4, 0.5) is 0 Å². The molecule has 2 heteroatoms. The Kier molecular flexibility index (Phi) is 2.55. The van der Waals surface area contributed by atoms with Crippen LogP contribution in [0.3, 0.4) is 0 Å². The fourth-order valence-electron chi connectivity index (χ4n) is 1.35. The van der Waals surface area contributed by atoms with Gasteiger partial charge in [0.1, 0.15) is 0 Å². The highest BCUT2D eigenvalue weighted by molar-refractivity contribution is 5.91. The van der Waals surface area contributed by atoms with Gasteiger partial charge in [-0.1, -0.05) is 13.8 Å². The molecule has 1 aliphatic rings. The lowest BCUT2D eigenvalue weighted by Gasteiger charge is -2.21. The third-order valence-corrected chi connectivity index (χ3v) is 2.31. The smallest absolute Gasteiger partial charge is 0.247 e. The molecular weight excluding hydrogens is 150 g/mol. The van der Waals surface area contributed by atoms with E-state index in [9.17, 15) is 4.79 Å². The number of carbonyl (C=O) groups excluding carboxylic acids is 1. The Balaban J connectivity index is 2.67. The molecule has 0 aromatic heterocycles. The average molecular weight is 167 g/mol. The Morgan fingerprint density at radius 2 is 1.92 bits per heavy atom. The number of nitrogens with zero attached hydrogens (tertiary/aromatic N) is 1. The monoisotopic (exact) mass is 167 g/mol. The van der Waals surface area contributed by atoms with E-state index in [1.165, 1.54) is 5.57 Å². The molecule has 0 N–H and O–H groups in total. The molecule has 0 aromatic rings. The molecule has 0 atom stereocenters.